The molecule has 0 aromatic rings. The molecule has 80 valence electrons. The van der Waals surface area contributed by atoms with Gasteiger partial charge in [0.2, 0.25) is 0 Å². The summed E-state index contributed by atoms with van der Waals surface area (Å²) < 4.78 is 56.6. The van der Waals surface area contributed by atoms with Gasteiger partial charge in [0, 0.05) is 0 Å². The summed E-state index contributed by atoms with van der Waals surface area (Å²) in [6, 6.07) is 0. The monoisotopic (exact) mass is 300 g/mol. The normalized spacial score (nSPS) is 9.20. The first-order chi connectivity index (χ1) is 6.91. The van der Waals surface area contributed by atoms with Crippen LogP contribution in [0.3, 0.4) is 0 Å². The minimum absolute atomic E-state index is 1.85. The molecule has 2 N–H and O–H groups in total. The maximum atomic E-state index is 10.6. The second-order valence-electron chi connectivity index (χ2n) is 1.68. The quantitative estimate of drug-likeness (QED) is 0.428. The van der Waals surface area contributed by atoms with Crippen molar-refractivity contribution in [3.63, 3.8) is 0 Å². The standard InChI is InChI=1S/2Al.H2O8Si3.2O/c;;1-9(2)7-11(5,6)8-10(3)4;;/h;;5-6H;;/q2*+1;-2;;. The van der Waals surface area contributed by atoms with Crippen molar-refractivity contribution < 1.29 is 41.3 Å². The third-order valence-corrected chi connectivity index (χ3v) is 6.49. The van der Waals surface area contributed by atoms with Gasteiger partial charge in [-0.25, -0.2) is 0 Å². The van der Waals surface area contributed by atoms with Gasteiger partial charge in [-0.1, -0.05) is 0 Å². The number of rotatable bonds is 8. The molecule has 0 aliphatic carbocycles. The molecule has 0 aliphatic rings. The van der Waals surface area contributed by atoms with Crippen molar-refractivity contribution in [3.05, 3.63) is 0 Å². The Morgan fingerprint density at radius 3 is 1.53 bits per heavy atom. The molecule has 0 radical (unpaired) electrons. The zero-order chi connectivity index (χ0) is 11.9. The first-order valence-electron chi connectivity index (χ1n) is 3.02. The molecular weight excluding hydrogens is 298 g/mol. The fourth-order valence-electron chi connectivity index (χ4n) is 0.365. The SMILES string of the molecule is [O]=[Al][O][Si](=O)O[Si](O)(O)O[Si](=O)[O][Al]=[O]. The van der Waals surface area contributed by atoms with Gasteiger partial charge in [0.25, 0.3) is 0 Å². The maximum absolute atomic E-state index is 10.6. The Hall–Kier alpha value is 0.0356. The van der Waals surface area contributed by atoms with Gasteiger partial charge < -0.3 is 0 Å². The molecule has 0 heterocycles. The van der Waals surface area contributed by atoms with E-state index in [2.05, 4.69) is 15.2 Å². The molecule has 0 aliphatic heterocycles. The average molecular weight is 300 g/mol. The van der Waals surface area contributed by atoms with Crippen LogP contribution in [0.2, 0.25) is 0 Å². The van der Waals surface area contributed by atoms with Gasteiger partial charge >= 0.3 is 99.7 Å². The van der Waals surface area contributed by atoms with Gasteiger partial charge in [0.15, 0.2) is 0 Å². The van der Waals surface area contributed by atoms with Crippen LogP contribution in [0, 0.1) is 0 Å². The Morgan fingerprint density at radius 2 is 1.27 bits per heavy atom. The Labute approximate surface area is 99.5 Å². The summed E-state index contributed by atoms with van der Waals surface area (Å²) >= 11 is -3.71. The molecule has 15 heteroatoms. The zero-order valence-corrected chi connectivity index (χ0v) is 12.1. The van der Waals surface area contributed by atoms with Crippen LogP contribution < -0.4 is 0 Å². The molecule has 0 aromatic carbocycles. The fourth-order valence-corrected chi connectivity index (χ4v) is 4.52. The van der Waals surface area contributed by atoms with E-state index >= 15 is 0 Å². The van der Waals surface area contributed by atoms with Crippen molar-refractivity contribution in [1.29, 1.82) is 0 Å². The molecule has 0 spiro atoms. The minimum atomic E-state index is -4.94. The van der Waals surface area contributed by atoms with Crippen LogP contribution in [0.4, 0.5) is 0 Å². The van der Waals surface area contributed by atoms with Crippen molar-refractivity contribution in [3.8, 4) is 0 Å². The van der Waals surface area contributed by atoms with Crippen LogP contribution in [-0.4, -0.2) is 68.0 Å². The predicted octanol–water partition coefficient (Wildman–Crippen LogP) is -3.77. The Bertz CT molecular complexity index is 246. The summed E-state index contributed by atoms with van der Waals surface area (Å²) in [5.74, 6) is 0. The van der Waals surface area contributed by atoms with E-state index in [0.717, 1.165) is 0 Å². The Balaban J connectivity index is 4.16. The van der Waals surface area contributed by atoms with E-state index in [9.17, 15) is 16.5 Å². The Morgan fingerprint density at radius 1 is 0.933 bits per heavy atom. The zero-order valence-electron chi connectivity index (χ0n) is 6.82. The molecule has 0 saturated carbocycles. The third-order valence-electron chi connectivity index (χ3n) is 0.721. The molecule has 0 bridgehead atoms. The van der Waals surface area contributed by atoms with E-state index in [1.807, 2.05) is 0 Å². The van der Waals surface area contributed by atoms with Crippen LogP contribution in [0.5, 0.6) is 0 Å². The van der Waals surface area contributed by atoms with E-state index in [1.54, 1.807) is 0 Å². The van der Waals surface area contributed by atoms with Crippen molar-refractivity contribution in [2.24, 2.45) is 0 Å². The molecule has 15 heavy (non-hydrogen) atoms. The molecule has 0 unspecified atom stereocenters. The third kappa shape index (κ3) is 7.91. The van der Waals surface area contributed by atoms with Gasteiger partial charge in [0.1, 0.15) is 0 Å². The Kier molecular flexibility index (Phi) is 7.35. The van der Waals surface area contributed by atoms with E-state index in [1.165, 1.54) is 0 Å². The van der Waals surface area contributed by atoms with Crippen LogP contribution in [0.15, 0.2) is 0 Å². The van der Waals surface area contributed by atoms with Crippen LogP contribution in [0.1, 0.15) is 0 Å². The first kappa shape index (κ1) is 15.0. The van der Waals surface area contributed by atoms with E-state index < -0.39 is 58.4 Å². The average Bonchev–Trinajstić information content (AvgIpc) is 2.01. The van der Waals surface area contributed by atoms with Crippen molar-refractivity contribution in [2.45, 2.75) is 0 Å². The molecular formula is H2Al2O10Si3. The topological polar surface area (TPSA) is 146 Å². The molecule has 0 saturated heterocycles. The molecule has 0 aromatic heterocycles. The molecule has 0 atom stereocenters. The van der Waals surface area contributed by atoms with Gasteiger partial charge in [-0.05, 0) is 0 Å². The van der Waals surface area contributed by atoms with Gasteiger partial charge in [0.05, 0.1) is 0 Å². The van der Waals surface area contributed by atoms with E-state index in [4.69, 9.17) is 9.59 Å². The van der Waals surface area contributed by atoms with Crippen LogP contribution in [0.25, 0.3) is 0 Å². The fraction of sp³-hybridized carbons (Fsp3) is 0. The predicted molar refractivity (Wildman–Crippen MR) is 40.3 cm³/mol. The second-order valence-corrected chi connectivity index (χ2v) is 7.68. The molecule has 0 amide bonds. The summed E-state index contributed by atoms with van der Waals surface area (Å²) in [6.07, 6.45) is 0. The second kappa shape index (κ2) is 7.33. The van der Waals surface area contributed by atoms with Gasteiger partial charge in [-0.3, -0.25) is 0 Å². The van der Waals surface area contributed by atoms with Gasteiger partial charge in [-0.15, -0.1) is 0 Å². The summed E-state index contributed by atoms with van der Waals surface area (Å²) in [4.78, 5) is 17.7. The van der Waals surface area contributed by atoms with Crippen molar-refractivity contribution in [1.82, 2.24) is 0 Å². The van der Waals surface area contributed by atoms with Crippen LogP contribution in [-0.2, 0) is 31.7 Å². The first-order valence-corrected chi connectivity index (χ1v) is 9.07. The van der Waals surface area contributed by atoms with E-state index in [-0.39, 0.29) is 0 Å². The van der Waals surface area contributed by atoms with Crippen molar-refractivity contribution >= 4 is 58.4 Å². The summed E-state index contributed by atoms with van der Waals surface area (Å²) in [6.45, 7) is 0. The molecule has 10 nitrogen and oxygen atoms in total. The summed E-state index contributed by atoms with van der Waals surface area (Å²) in [7, 11) is -11.7. The van der Waals surface area contributed by atoms with E-state index in [0.29, 0.717) is 0 Å². The van der Waals surface area contributed by atoms with Gasteiger partial charge in [-0.2, -0.15) is 0 Å². The summed E-state index contributed by atoms with van der Waals surface area (Å²) in [5.41, 5.74) is 0. The summed E-state index contributed by atoms with van der Waals surface area (Å²) in [5, 5.41) is 0. The van der Waals surface area contributed by atoms with Crippen molar-refractivity contribution in [2.75, 3.05) is 0 Å². The molecule has 0 rings (SSSR count). The number of hydrogen-bond acceptors (Lipinski definition) is 10. The number of hydrogen-bond donors (Lipinski definition) is 2. The molecule has 0 fully saturated rings. The van der Waals surface area contributed by atoms with Crippen LogP contribution >= 0.6 is 0 Å².